The number of fused-ring (bicyclic) bond motifs is 1. The first-order chi connectivity index (χ1) is 9.04. The molecule has 0 radical (unpaired) electrons. The van der Waals surface area contributed by atoms with Crippen LogP contribution in [0, 0.1) is 0 Å². The first-order valence-electron chi connectivity index (χ1n) is 6.30. The van der Waals surface area contributed by atoms with E-state index in [0.717, 1.165) is 22.3 Å². The summed E-state index contributed by atoms with van der Waals surface area (Å²) in [5.41, 5.74) is 4.31. The highest BCUT2D eigenvalue weighted by Gasteiger charge is 2.29. The third kappa shape index (κ3) is 2.55. The predicted octanol–water partition coefficient (Wildman–Crippen LogP) is 3.62. The van der Waals surface area contributed by atoms with Gasteiger partial charge in [-0.05, 0) is 30.5 Å². The third-order valence-corrected chi connectivity index (χ3v) is 3.40. The van der Waals surface area contributed by atoms with Crippen molar-refractivity contribution < 1.29 is 9.53 Å². The number of hydrogen-bond donors (Lipinski definition) is 0. The highest BCUT2D eigenvalue weighted by molar-refractivity contribution is 5.72. The molecule has 0 fully saturated rings. The third-order valence-electron chi connectivity index (χ3n) is 3.40. The lowest BCUT2D eigenvalue weighted by Gasteiger charge is -2.30. The molecule has 0 bridgehead atoms. The first kappa shape index (κ1) is 13.4. The molecule has 19 heavy (non-hydrogen) atoms. The van der Waals surface area contributed by atoms with Gasteiger partial charge >= 0.3 is 6.09 Å². The van der Waals surface area contributed by atoms with Crippen LogP contribution in [0.15, 0.2) is 42.0 Å². The Hall–Kier alpha value is -2.03. The van der Waals surface area contributed by atoms with E-state index in [9.17, 15) is 4.79 Å². The van der Waals surface area contributed by atoms with Crippen LogP contribution in [-0.2, 0) is 11.3 Å². The average Bonchev–Trinajstić information content (AvgIpc) is 2.53. The minimum atomic E-state index is -0.322. The smallest absolute Gasteiger partial charge is 0.410 e. The Morgan fingerprint density at radius 1 is 1.42 bits per heavy atom. The van der Waals surface area contributed by atoms with E-state index in [0.29, 0.717) is 6.54 Å². The van der Waals surface area contributed by atoms with E-state index in [1.54, 1.807) is 4.90 Å². The van der Waals surface area contributed by atoms with E-state index in [1.807, 2.05) is 32.0 Å². The summed E-state index contributed by atoms with van der Waals surface area (Å²) in [7, 11) is 1.41. The zero-order valence-corrected chi connectivity index (χ0v) is 11.6. The summed E-state index contributed by atoms with van der Waals surface area (Å²) in [6, 6.07) is 7.98. The number of hydrogen-bond acceptors (Lipinski definition) is 2. The second-order valence-electron chi connectivity index (χ2n) is 4.93. The van der Waals surface area contributed by atoms with Gasteiger partial charge in [-0.25, -0.2) is 4.79 Å². The van der Waals surface area contributed by atoms with Gasteiger partial charge in [0.25, 0.3) is 0 Å². The summed E-state index contributed by atoms with van der Waals surface area (Å²) >= 11 is 0. The molecule has 3 heteroatoms. The molecule has 1 aromatic carbocycles. The monoisotopic (exact) mass is 257 g/mol. The van der Waals surface area contributed by atoms with Crippen molar-refractivity contribution in [3.8, 4) is 0 Å². The Labute approximate surface area is 114 Å². The van der Waals surface area contributed by atoms with Crippen LogP contribution in [0.5, 0.6) is 0 Å². The van der Waals surface area contributed by atoms with E-state index < -0.39 is 0 Å². The Balaban J connectivity index is 2.52. The molecule has 1 aliphatic heterocycles. The minimum Gasteiger partial charge on any atom is -0.453 e. The first-order valence-corrected chi connectivity index (χ1v) is 6.30. The van der Waals surface area contributed by atoms with Gasteiger partial charge in [-0.1, -0.05) is 42.5 Å². The van der Waals surface area contributed by atoms with Crippen molar-refractivity contribution in [3.63, 3.8) is 0 Å². The lowest BCUT2D eigenvalue weighted by Crippen LogP contribution is -2.40. The van der Waals surface area contributed by atoms with Crippen molar-refractivity contribution >= 4 is 12.2 Å². The number of carbonyl (C=O) groups is 1. The fourth-order valence-electron chi connectivity index (χ4n) is 2.61. The minimum absolute atomic E-state index is 0.111. The summed E-state index contributed by atoms with van der Waals surface area (Å²) in [4.78, 5) is 13.7. The van der Waals surface area contributed by atoms with Gasteiger partial charge in [0.2, 0.25) is 0 Å². The normalized spacial score (nSPS) is 18.2. The lowest BCUT2D eigenvalue weighted by molar-refractivity contribution is 0.114. The molecule has 0 saturated heterocycles. The SMILES string of the molecule is C=C(C)C1C(C)=Cc2ccccc2CN1C(=O)OC. The van der Waals surface area contributed by atoms with E-state index >= 15 is 0 Å². The molecule has 100 valence electrons. The molecule has 1 aromatic rings. The summed E-state index contributed by atoms with van der Waals surface area (Å²) in [5, 5.41) is 0. The zero-order valence-electron chi connectivity index (χ0n) is 11.6. The Bertz CT molecular complexity index is 545. The summed E-state index contributed by atoms with van der Waals surface area (Å²) in [6.07, 6.45) is 1.80. The quantitative estimate of drug-likeness (QED) is 0.719. The van der Waals surface area contributed by atoms with Crippen molar-refractivity contribution in [1.29, 1.82) is 0 Å². The molecule has 0 saturated carbocycles. The number of nitrogens with zero attached hydrogens (tertiary/aromatic N) is 1. The van der Waals surface area contributed by atoms with Gasteiger partial charge in [0.05, 0.1) is 19.7 Å². The number of methoxy groups -OCH3 is 1. The van der Waals surface area contributed by atoms with Gasteiger partial charge in [-0.3, -0.25) is 4.90 Å². The van der Waals surface area contributed by atoms with Crippen molar-refractivity contribution in [1.82, 2.24) is 4.90 Å². The highest BCUT2D eigenvalue weighted by Crippen LogP contribution is 2.28. The van der Waals surface area contributed by atoms with Crippen LogP contribution in [0.2, 0.25) is 0 Å². The Morgan fingerprint density at radius 2 is 2.11 bits per heavy atom. The van der Waals surface area contributed by atoms with Gasteiger partial charge in [-0.2, -0.15) is 0 Å². The van der Waals surface area contributed by atoms with Crippen LogP contribution in [0.4, 0.5) is 4.79 Å². The molecule has 1 unspecified atom stereocenters. The van der Waals surface area contributed by atoms with Crippen LogP contribution in [-0.4, -0.2) is 24.1 Å². The van der Waals surface area contributed by atoms with Crippen molar-refractivity contribution in [3.05, 3.63) is 53.1 Å². The van der Waals surface area contributed by atoms with Crippen LogP contribution in [0.1, 0.15) is 25.0 Å². The molecule has 0 aliphatic carbocycles. The van der Waals surface area contributed by atoms with Crippen LogP contribution < -0.4 is 0 Å². The largest absolute Gasteiger partial charge is 0.453 e. The molecular weight excluding hydrogens is 238 g/mol. The molecular formula is C16H19NO2. The molecule has 1 aliphatic rings. The second-order valence-corrected chi connectivity index (χ2v) is 4.93. The standard InChI is InChI=1S/C16H19NO2/c1-11(2)15-12(3)9-13-7-5-6-8-14(13)10-17(15)16(18)19-4/h5-9,15H,1,10H2,2-4H3. The molecule has 0 N–H and O–H groups in total. The zero-order chi connectivity index (χ0) is 14.0. The van der Waals surface area contributed by atoms with Crippen molar-refractivity contribution in [2.75, 3.05) is 7.11 Å². The number of rotatable bonds is 1. The lowest BCUT2D eigenvalue weighted by atomic mass is 10.00. The number of amides is 1. The topological polar surface area (TPSA) is 29.5 Å². The maximum absolute atomic E-state index is 12.0. The highest BCUT2D eigenvalue weighted by atomic mass is 16.5. The van der Waals surface area contributed by atoms with E-state index in [4.69, 9.17) is 4.74 Å². The fraction of sp³-hybridized carbons (Fsp3) is 0.312. The molecule has 2 rings (SSSR count). The van der Waals surface area contributed by atoms with Gasteiger partial charge in [0.1, 0.15) is 0 Å². The predicted molar refractivity (Wildman–Crippen MR) is 76.6 cm³/mol. The van der Waals surface area contributed by atoms with Crippen LogP contribution in [0.25, 0.3) is 6.08 Å². The summed E-state index contributed by atoms with van der Waals surface area (Å²) < 4.78 is 4.91. The van der Waals surface area contributed by atoms with Gasteiger partial charge in [0, 0.05) is 0 Å². The molecule has 3 nitrogen and oxygen atoms in total. The van der Waals surface area contributed by atoms with Crippen LogP contribution in [0.3, 0.4) is 0 Å². The van der Waals surface area contributed by atoms with Gasteiger partial charge in [0.15, 0.2) is 0 Å². The summed E-state index contributed by atoms with van der Waals surface area (Å²) in [5.74, 6) is 0. The maximum Gasteiger partial charge on any atom is 0.410 e. The maximum atomic E-state index is 12.0. The van der Waals surface area contributed by atoms with E-state index in [-0.39, 0.29) is 12.1 Å². The number of ether oxygens (including phenoxy) is 1. The van der Waals surface area contributed by atoms with Crippen molar-refractivity contribution in [2.24, 2.45) is 0 Å². The van der Waals surface area contributed by atoms with Crippen LogP contribution >= 0.6 is 0 Å². The molecule has 1 heterocycles. The molecule has 0 spiro atoms. The van der Waals surface area contributed by atoms with E-state index in [2.05, 4.69) is 18.7 Å². The van der Waals surface area contributed by atoms with E-state index in [1.165, 1.54) is 7.11 Å². The summed E-state index contributed by atoms with van der Waals surface area (Å²) in [6.45, 7) is 8.51. The average molecular weight is 257 g/mol. The van der Waals surface area contributed by atoms with Gasteiger partial charge in [-0.15, -0.1) is 0 Å². The second kappa shape index (κ2) is 5.31. The molecule has 0 aromatic heterocycles. The molecule has 1 amide bonds. The van der Waals surface area contributed by atoms with Gasteiger partial charge < -0.3 is 4.74 Å². The Kier molecular flexibility index (Phi) is 3.74. The Morgan fingerprint density at radius 3 is 2.74 bits per heavy atom. The number of benzene rings is 1. The van der Waals surface area contributed by atoms with Crippen molar-refractivity contribution in [2.45, 2.75) is 26.4 Å². The molecule has 1 atom stereocenters. The fourth-order valence-corrected chi connectivity index (χ4v) is 2.61. The number of carbonyl (C=O) groups excluding carboxylic acids is 1.